The van der Waals surface area contributed by atoms with Gasteiger partial charge in [0.1, 0.15) is 5.76 Å². The van der Waals surface area contributed by atoms with Gasteiger partial charge in [-0.3, -0.25) is 9.69 Å². The second-order valence-corrected chi connectivity index (χ2v) is 9.13. The summed E-state index contributed by atoms with van der Waals surface area (Å²) in [6.07, 6.45) is 3.44. The molecule has 3 aromatic heterocycles. The Kier molecular flexibility index (Phi) is 7.04. The topological polar surface area (TPSA) is 92.8 Å². The monoisotopic (exact) mass is 482 g/mol. The summed E-state index contributed by atoms with van der Waals surface area (Å²) in [6, 6.07) is 21.9. The summed E-state index contributed by atoms with van der Waals surface area (Å²) in [5.74, 6) is 1.60. The lowest BCUT2D eigenvalue weighted by atomic mass is 10.1. The number of hydrogen-bond acceptors (Lipinski definition) is 6. The third-order valence-corrected chi connectivity index (χ3v) is 6.51. The zero-order valence-corrected chi connectivity index (χ0v) is 20.6. The van der Waals surface area contributed by atoms with Crippen molar-refractivity contribution < 1.29 is 4.42 Å². The number of para-hydroxylation sites is 1. The molecule has 1 N–H and O–H groups in total. The molecule has 3 heterocycles. The molecule has 0 aliphatic heterocycles. The molecule has 8 heteroatoms. The van der Waals surface area contributed by atoms with E-state index >= 15 is 0 Å². The highest BCUT2D eigenvalue weighted by atomic mass is 16.3. The minimum absolute atomic E-state index is 0.0830. The van der Waals surface area contributed by atoms with Crippen LogP contribution >= 0.6 is 0 Å². The molecule has 0 unspecified atom stereocenters. The van der Waals surface area contributed by atoms with Gasteiger partial charge >= 0.3 is 0 Å². The van der Waals surface area contributed by atoms with E-state index in [1.165, 1.54) is 0 Å². The maximum Gasteiger partial charge on any atom is 0.252 e. The molecule has 36 heavy (non-hydrogen) atoms. The first-order valence-corrected chi connectivity index (χ1v) is 12.3. The Morgan fingerprint density at radius 1 is 1.06 bits per heavy atom. The van der Waals surface area contributed by atoms with E-state index in [0.29, 0.717) is 25.2 Å². The average molecular weight is 483 g/mol. The molecule has 0 saturated carbocycles. The van der Waals surface area contributed by atoms with Crippen molar-refractivity contribution in [2.75, 3.05) is 0 Å². The predicted molar refractivity (Wildman–Crippen MR) is 138 cm³/mol. The van der Waals surface area contributed by atoms with E-state index in [1.807, 2.05) is 66.2 Å². The van der Waals surface area contributed by atoms with Gasteiger partial charge in [-0.15, -0.1) is 5.10 Å². The first-order valence-electron chi connectivity index (χ1n) is 12.3. The Morgan fingerprint density at radius 2 is 1.92 bits per heavy atom. The van der Waals surface area contributed by atoms with Crippen LogP contribution in [0.3, 0.4) is 0 Å². The number of hydrogen-bond donors (Lipinski definition) is 1. The average Bonchev–Trinajstić information content (AvgIpc) is 3.56. The fourth-order valence-corrected chi connectivity index (χ4v) is 4.71. The van der Waals surface area contributed by atoms with Crippen LogP contribution in [0.1, 0.15) is 54.1 Å². The smallest absolute Gasteiger partial charge is 0.252 e. The van der Waals surface area contributed by atoms with E-state index in [2.05, 4.69) is 44.5 Å². The summed E-state index contributed by atoms with van der Waals surface area (Å²) in [5.41, 5.74) is 3.66. The quantitative estimate of drug-likeness (QED) is 0.301. The van der Waals surface area contributed by atoms with Crippen LogP contribution in [0, 0.1) is 6.92 Å². The molecule has 8 nitrogen and oxygen atoms in total. The van der Waals surface area contributed by atoms with Crippen LogP contribution in [0.4, 0.5) is 0 Å². The van der Waals surface area contributed by atoms with Crippen molar-refractivity contribution in [3.63, 3.8) is 0 Å². The SMILES string of the molecule is CCC[C@H](c1nnnn1Cc1ccccc1)N(Cc1ccco1)Cc1cc2cccc(C)c2[nH]c1=O. The van der Waals surface area contributed by atoms with Crippen molar-refractivity contribution in [3.8, 4) is 0 Å². The van der Waals surface area contributed by atoms with E-state index in [9.17, 15) is 4.79 Å². The highest BCUT2D eigenvalue weighted by molar-refractivity contribution is 5.81. The maximum atomic E-state index is 13.1. The Bertz CT molecular complexity index is 1470. The Balaban J connectivity index is 1.53. The Labute approximate surface area is 209 Å². The lowest BCUT2D eigenvalue weighted by Gasteiger charge is -2.30. The number of aryl methyl sites for hydroxylation is 1. The predicted octanol–water partition coefficient (Wildman–Crippen LogP) is 5.01. The molecule has 0 bridgehead atoms. The fraction of sp³-hybridized carbons (Fsp3) is 0.286. The van der Waals surface area contributed by atoms with Crippen LogP contribution in [0.25, 0.3) is 10.9 Å². The van der Waals surface area contributed by atoms with Crippen LogP contribution in [-0.2, 0) is 19.6 Å². The summed E-state index contributed by atoms with van der Waals surface area (Å²) < 4.78 is 7.56. The summed E-state index contributed by atoms with van der Waals surface area (Å²) in [5, 5.41) is 13.8. The number of rotatable bonds is 10. The van der Waals surface area contributed by atoms with Crippen molar-refractivity contribution >= 4 is 10.9 Å². The number of H-pyrrole nitrogens is 1. The van der Waals surface area contributed by atoms with Gasteiger partial charge in [-0.05, 0) is 58.5 Å². The van der Waals surface area contributed by atoms with Gasteiger partial charge in [0.15, 0.2) is 5.82 Å². The number of fused-ring (bicyclic) bond motifs is 1. The Hall–Kier alpha value is -4.04. The molecule has 0 saturated heterocycles. The number of tetrazole rings is 1. The number of aromatic amines is 1. The second-order valence-electron chi connectivity index (χ2n) is 9.13. The minimum Gasteiger partial charge on any atom is -0.468 e. The van der Waals surface area contributed by atoms with Gasteiger partial charge in [-0.1, -0.05) is 61.9 Å². The molecule has 0 radical (unpaired) electrons. The van der Waals surface area contributed by atoms with Gasteiger partial charge in [0, 0.05) is 12.1 Å². The lowest BCUT2D eigenvalue weighted by molar-refractivity contribution is 0.144. The van der Waals surface area contributed by atoms with Crippen molar-refractivity contribution in [1.29, 1.82) is 0 Å². The van der Waals surface area contributed by atoms with Crippen LogP contribution in [-0.4, -0.2) is 30.1 Å². The Morgan fingerprint density at radius 3 is 2.69 bits per heavy atom. The highest BCUT2D eigenvalue weighted by Crippen LogP contribution is 2.28. The molecule has 0 aliphatic carbocycles. The van der Waals surface area contributed by atoms with Crippen molar-refractivity contribution in [3.05, 3.63) is 112 Å². The van der Waals surface area contributed by atoms with E-state index in [0.717, 1.165) is 46.5 Å². The van der Waals surface area contributed by atoms with E-state index in [4.69, 9.17) is 4.42 Å². The summed E-state index contributed by atoms with van der Waals surface area (Å²) >= 11 is 0. The van der Waals surface area contributed by atoms with Crippen molar-refractivity contribution in [2.45, 2.75) is 52.4 Å². The number of nitrogens with one attached hydrogen (secondary N) is 1. The number of aromatic nitrogens is 5. The van der Waals surface area contributed by atoms with Gasteiger partial charge in [0.25, 0.3) is 5.56 Å². The van der Waals surface area contributed by atoms with Gasteiger partial charge in [-0.25, -0.2) is 4.68 Å². The molecule has 184 valence electrons. The third-order valence-electron chi connectivity index (χ3n) is 6.51. The third kappa shape index (κ3) is 5.13. The molecule has 0 spiro atoms. The zero-order valence-electron chi connectivity index (χ0n) is 20.6. The zero-order chi connectivity index (χ0) is 24.9. The first-order chi connectivity index (χ1) is 17.6. The number of pyridine rings is 1. The lowest BCUT2D eigenvalue weighted by Crippen LogP contribution is -2.32. The van der Waals surface area contributed by atoms with Crippen LogP contribution in [0.5, 0.6) is 0 Å². The van der Waals surface area contributed by atoms with E-state index < -0.39 is 0 Å². The molecule has 5 aromatic rings. The largest absolute Gasteiger partial charge is 0.468 e. The van der Waals surface area contributed by atoms with Crippen LogP contribution in [0.15, 0.2) is 82.2 Å². The molecule has 1 atom stereocenters. The minimum atomic E-state index is -0.105. The summed E-state index contributed by atoms with van der Waals surface area (Å²) in [7, 11) is 0. The summed E-state index contributed by atoms with van der Waals surface area (Å²) in [4.78, 5) is 18.5. The van der Waals surface area contributed by atoms with Gasteiger partial charge in [-0.2, -0.15) is 0 Å². The molecular weight excluding hydrogens is 452 g/mol. The van der Waals surface area contributed by atoms with Crippen LogP contribution < -0.4 is 5.56 Å². The number of nitrogens with zero attached hydrogens (tertiary/aromatic N) is 5. The fourth-order valence-electron chi connectivity index (χ4n) is 4.71. The van der Waals surface area contributed by atoms with Crippen LogP contribution in [0.2, 0.25) is 0 Å². The number of furan rings is 1. The van der Waals surface area contributed by atoms with Gasteiger partial charge < -0.3 is 9.40 Å². The molecular formula is C28H30N6O2. The number of benzene rings is 2. The van der Waals surface area contributed by atoms with Gasteiger partial charge in [0.2, 0.25) is 0 Å². The van der Waals surface area contributed by atoms with Gasteiger partial charge in [0.05, 0.1) is 30.9 Å². The van der Waals surface area contributed by atoms with Crippen molar-refractivity contribution in [2.24, 2.45) is 0 Å². The molecule has 0 amide bonds. The molecule has 2 aromatic carbocycles. The molecule has 0 aliphatic rings. The second kappa shape index (κ2) is 10.7. The molecule has 5 rings (SSSR count). The first kappa shape index (κ1) is 23.7. The standard InChI is InChI=1S/C28H30N6O2/c1-3-9-25(27-30-31-32-34(27)17-21-11-5-4-6-12-21)33(19-24-14-8-15-36-24)18-23-16-22-13-7-10-20(2)26(22)29-28(23)35/h4-8,10-16,25H,3,9,17-19H2,1-2H3,(H,29,35)/t25-/m1/s1. The van der Waals surface area contributed by atoms with E-state index in [1.54, 1.807) is 6.26 Å². The summed E-state index contributed by atoms with van der Waals surface area (Å²) in [6.45, 7) is 5.69. The maximum absolute atomic E-state index is 13.1. The highest BCUT2D eigenvalue weighted by Gasteiger charge is 2.27. The van der Waals surface area contributed by atoms with Crippen molar-refractivity contribution in [1.82, 2.24) is 30.1 Å². The van der Waals surface area contributed by atoms with E-state index in [-0.39, 0.29) is 11.6 Å². The normalized spacial score (nSPS) is 12.4. The molecule has 0 fully saturated rings.